The maximum atomic E-state index is 10.6. The van der Waals surface area contributed by atoms with Crippen molar-refractivity contribution in [3.63, 3.8) is 0 Å². The van der Waals surface area contributed by atoms with Gasteiger partial charge in [-0.15, -0.1) is 0 Å². The van der Waals surface area contributed by atoms with E-state index in [1.54, 1.807) is 0 Å². The first-order valence-corrected chi connectivity index (χ1v) is 4.02. The number of hydroxylamine groups is 1. The minimum absolute atomic E-state index is 0.180. The molecule has 0 atom stereocenters. The van der Waals surface area contributed by atoms with Crippen LogP contribution >= 0.6 is 0 Å². The molecule has 0 aromatic heterocycles. The molecule has 0 radical (unpaired) electrons. The summed E-state index contributed by atoms with van der Waals surface area (Å²) >= 11 is 0. The van der Waals surface area contributed by atoms with Gasteiger partial charge >= 0.3 is 7.12 Å². The molecular formula is C8H10BNO4. The molecule has 0 bridgehead atoms. The van der Waals surface area contributed by atoms with E-state index in [1.165, 1.54) is 0 Å². The van der Waals surface area contributed by atoms with Crippen molar-refractivity contribution in [2.45, 2.75) is 6.61 Å². The van der Waals surface area contributed by atoms with E-state index in [-0.39, 0.29) is 6.61 Å². The van der Waals surface area contributed by atoms with Crippen LogP contribution in [0.25, 0.3) is 0 Å². The van der Waals surface area contributed by atoms with E-state index in [9.17, 15) is 4.79 Å². The number of rotatable bonds is 4. The van der Waals surface area contributed by atoms with Crippen molar-refractivity contribution in [3.8, 4) is 0 Å². The second-order valence-electron chi connectivity index (χ2n) is 2.61. The van der Waals surface area contributed by atoms with Crippen molar-refractivity contribution >= 4 is 12.9 Å². The summed E-state index contributed by atoms with van der Waals surface area (Å²) in [6.45, 7) is 0.180. The Morgan fingerprint density at radius 3 is 2.57 bits per heavy atom. The lowest BCUT2D eigenvalue weighted by Gasteiger charge is -2.04. The average Bonchev–Trinajstić information content (AvgIpc) is 2.19. The average molecular weight is 195 g/mol. The van der Waals surface area contributed by atoms with Crippen LogP contribution in [0.2, 0.25) is 0 Å². The summed E-state index contributed by atoms with van der Waals surface area (Å²) in [6.07, 6.45) is 0. The first-order valence-electron chi connectivity index (χ1n) is 4.02. The van der Waals surface area contributed by atoms with Crippen LogP contribution < -0.4 is 5.48 Å². The fourth-order valence-corrected chi connectivity index (χ4v) is 0.817. The number of hydrogen-bond donors (Lipinski definition) is 3. The summed E-state index contributed by atoms with van der Waals surface area (Å²) < 4.78 is 0. The highest BCUT2D eigenvalue weighted by Crippen LogP contribution is 1.98. The van der Waals surface area contributed by atoms with Gasteiger partial charge in [-0.25, -0.2) is 5.48 Å². The maximum Gasteiger partial charge on any atom is 0.554 e. The van der Waals surface area contributed by atoms with E-state index >= 15 is 0 Å². The molecule has 0 unspecified atom stereocenters. The Morgan fingerprint density at radius 1 is 1.36 bits per heavy atom. The van der Waals surface area contributed by atoms with Crippen molar-refractivity contribution in [2.24, 2.45) is 0 Å². The minimum Gasteiger partial charge on any atom is -0.420 e. The Labute approximate surface area is 81.4 Å². The molecule has 1 aromatic carbocycles. The summed E-state index contributed by atoms with van der Waals surface area (Å²) in [7, 11) is -2.05. The van der Waals surface area contributed by atoms with Crippen LogP contribution in [0, 0.1) is 0 Å². The van der Waals surface area contributed by atoms with Crippen LogP contribution in [-0.2, 0) is 11.4 Å². The Morgan fingerprint density at radius 2 is 2.00 bits per heavy atom. The highest BCUT2D eigenvalue weighted by atomic mass is 16.7. The zero-order chi connectivity index (χ0) is 10.4. The Hall–Kier alpha value is -1.37. The maximum absolute atomic E-state index is 10.6. The van der Waals surface area contributed by atoms with Crippen LogP contribution in [0.3, 0.4) is 0 Å². The third kappa shape index (κ3) is 3.57. The van der Waals surface area contributed by atoms with Crippen LogP contribution in [0.15, 0.2) is 30.3 Å². The molecule has 5 nitrogen and oxygen atoms in total. The molecule has 0 aliphatic heterocycles. The number of carbonyl (C=O) groups excluding carboxylic acids is 1. The number of benzene rings is 1. The zero-order valence-electron chi connectivity index (χ0n) is 7.38. The topological polar surface area (TPSA) is 78.8 Å². The molecule has 1 rings (SSSR count). The van der Waals surface area contributed by atoms with Crippen molar-refractivity contribution in [1.82, 2.24) is 5.48 Å². The first kappa shape index (κ1) is 10.7. The van der Waals surface area contributed by atoms with E-state index in [4.69, 9.17) is 14.9 Å². The molecule has 0 aliphatic carbocycles. The van der Waals surface area contributed by atoms with Gasteiger partial charge in [0.15, 0.2) is 0 Å². The first-order chi connectivity index (χ1) is 6.70. The van der Waals surface area contributed by atoms with Crippen molar-refractivity contribution in [2.75, 3.05) is 0 Å². The molecule has 0 saturated heterocycles. The van der Waals surface area contributed by atoms with Gasteiger partial charge in [0.1, 0.15) is 0 Å². The van der Waals surface area contributed by atoms with E-state index in [0.29, 0.717) is 0 Å². The molecule has 0 heterocycles. The standard InChI is InChI=1S/C8H10BNO4/c11-8(9(12)13)10-14-6-7-4-2-1-3-5-7/h1-5,12-13H,6H2,(H,10,11). The number of nitrogens with one attached hydrogen (secondary N) is 1. The second-order valence-corrected chi connectivity index (χ2v) is 2.61. The molecule has 6 heteroatoms. The van der Waals surface area contributed by atoms with Gasteiger partial charge in [-0.2, -0.15) is 0 Å². The third-order valence-electron chi connectivity index (χ3n) is 1.49. The summed E-state index contributed by atoms with van der Waals surface area (Å²) in [6, 6.07) is 9.17. The third-order valence-corrected chi connectivity index (χ3v) is 1.49. The highest BCUT2D eigenvalue weighted by molar-refractivity contribution is 6.77. The van der Waals surface area contributed by atoms with Crippen molar-refractivity contribution < 1.29 is 19.7 Å². The van der Waals surface area contributed by atoms with Crippen LogP contribution in [0.1, 0.15) is 5.56 Å². The molecular weight excluding hydrogens is 185 g/mol. The summed E-state index contributed by atoms with van der Waals surface area (Å²) in [5.74, 6) is -0.985. The Balaban J connectivity index is 2.26. The molecule has 0 aliphatic rings. The monoisotopic (exact) mass is 195 g/mol. The fourth-order valence-electron chi connectivity index (χ4n) is 0.817. The number of carbonyl (C=O) groups is 1. The predicted molar refractivity (Wildman–Crippen MR) is 50.0 cm³/mol. The molecule has 1 aromatic rings. The van der Waals surface area contributed by atoms with E-state index in [0.717, 1.165) is 5.56 Å². The van der Waals surface area contributed by atoms with Gasteiger partial charge in [0, 0.05) is 0 Å². The van der Waals surface area contributed by atoms with Gasteiger partial charge in [-0.3, -0.25) is 9.63 Å². The zero-order valence-corrected chi connectivity index (χ0v) is 7.38. The quantitative estimate of drug-likeness (QED) is 0.462. The molecule has 1 amide bonds. The summed E-state index contributed by atoms with van der Waals surface area (Å²) in [5, 5.41) is 16.8. The number of amides is 1. The fraction of sp³-hybridized carbons (Fsp3) is 0.125. The van der Waals surface area contributed by atoms with E-state index in [1.807, 2.05) is 35.8 Å². The largest absolute Gasteiger partial charge is 0.554 e. The van der Waals surface area contributed by atoms with E-state index in [2.05, 4.69) is 0 Å². The van der Waals surface area contributed by atoms with Crippen LogP contribution in [-0.4, -0.2) is 23.0 Å². The lowest BCUT2D eigenvalue weighted by Crippen LogP contribution is -2.36. The minimum atomic E-state index is -2.05. The van der Waals surface area contributed by atoms with Crippen LogP contribution in [0.4, 0.5) is 4.79 Å². The highest BCUT2D eigenvalue weighted by Gasteiger charge is 2.19. The SMILES string of the molecule is O=C(NOCc1ccccc1)B(O)O. The van der Waals surface area contributed by atoms with Crippen LogP contribution in [0.5, 0.6) is 0 Å². The number of hydrogen-bond acceptors (Lipinski definition) is 4. The molecule has 0 fully saturated rings. The molecule has 74 valence electrons. The normalized spacial score (nSPS) is 9.57. The molecule has 3 N–H and O–H groups in total. The van der Waals surface area contributed by atoms with Gasteiger partial charge < -0.3 is 10.0 Å². The molecule has 0 saturated carbocycles. The summed E-state index contributed by atoms with van der Waals surface area (Å²) in [5.41, 5.74) is 2.77. The van der Waals surface area contributed by atoms with Gasteiger partial charge in [0.2, 0.25) is 0 Å². The van der Waals surface area contributed by atoms with Gasteiger partial charge in [0.25, 0.3) is 5.81 Å². The van der Waals surface area contributed by atoms with Crippen molar-refractivity contribution in [1.29, 1.82) is 0 Å². The lowest BCUT2D eigenvalue weighted by molar-refractivity contribution is 0.0545. The second kappa shape index (κ2) is 5.38. The Kier molecular flexibility index (Phi) is 4.12. The Bertz CT molecular complexity index is 291. The molecule has 0 spiro atoms. The van der Waals surface area contributed by atoms with Crippen molar-refractivity contribution in [3.05, 3.63) is 35.9 Å². The van der Waals surface area contributed by atoms with Gasteiger partial charge in [0.05, 0.1) is 6.61 Å². The van der Waals surface area contributed by atoms with Gasteiger partial charge in [-0.1, -0.05) is 30.3 Å². The predicted octanol–water partition coefficient (Wildman–Crippen LogP) is -0.118. The van der Waals surface area contributed by atoms with E-state index < -0.39 is 12.9 Å². The van der Waals surface area contributed by atoms with Gasteiger partial charge in [-0.05, 0) is 5.56 Å². The summed E-state index contributed by atoms with van der Waals surface area (Å²) in [4.78, 5) is 15.3. The lowest BCUT2D eigenvalue weighted by atomic mass is 9.92. The smallest absolute Gasteiger partial charge is 0.420 e. The molecule has 14 heavy (non-hydrogen) atoms.